The molecule has 1 fully saturated rings. The van der Waals surface area contributed by atoms with Gasteiger partial charge in [-0.1, -0.05) is 0 Å². The van der Waals surface area contributed by atoms with Gasteiger partial charge in [-0.05, 0) is 68.9 Å². The van der Waals surface area contributed by atoms with Gasteiger partial charge in [0.1, 0.15) is 5.75 Å². The molecule has 0 saturated heterocycles. The summed E-state index contributed by atoms with van der Waals surface area (Å²) in [6, 6.07) is 8.25. The number of carbonyl (C=O) groups is 1. The summed E-state index contributed by atoms with van der Waals surface area (Å²) < 4.78 is 7.38. The van der Waals surface area contributed by atoms with Crippen LogP contribution < -0.4 is 4.74 Å². The first-order valence-corrected chi connectivity index (χ1v) is 9.22. The van der Waals surface area contributed by atoms with E-state index in [1.165, 1.54) is 11.3 Å². The highest BCUT2D eigenvalue weighted by atomic mass is 16.5. The zero-order valence-electron chi connectivity index (χ0n) is 14.9. The Labute approximate surface area is 148 Å². The number of benzene rings is 1. The van der Waals surface area contributed by atoms with E-state index in [2.05, 4.69) is 16.2 Å². The second kappa shape index (κ2) is 6.54. The van der Waals surface area contributed by atoms with Crippen LogP contribution in [0.5, 0.6) is 5.75 Å². The molecule has 1 aromatic heterocycles. The molecule has 5 nitrogen and oxygen atoms in total. The lowest BCUT2D eigenvalue weighted by Crippen LogP contribution is -2.44. The van der Waals surface area contributed by atoms with Crippen LogP contribution in [-0.2, 0) is 19.9 Å². The molecule has 1 unspecified atom stereocenters. The summed E-state index contributed by atoms with van der Waals surface area (Å²) in [4.78, 5) is 15.3. The molecule has 1 saturated carbocycles. The van der Waals surface area contributed by atoms with Crippen molar-refractivity contribution in [2.24, 2.45) is 7.05 Å². The average Bonchev–Trinajstić information content (AvgIpc) is 3.36. The van der Waals surface area contributed by atoms with Crippen LogP contribution in [0, 0.1) is 0 Å². The van der Waals surface area contributed by atoms with Crippen molar-refractivity contribution < 1.29 is 9.53 Å². The zero-order chi connectivity index (χ0) is 17.4. The van der Waals surface area contributed by atoms with E-state index in [1.807, 2.05) is 42.9 Å². The maximum atomic E-state index is 13.2. The monoisotopic (exact) mass is 339 g/mol. The Morgan fingerprint density at radius 3 is 2.68 bits per heavy atom. The van der Waals surface area contributed by atoms with E-state index < -0.39 is 0 Å². The molecule has 4 rings (SSSR count). The van der Waals surface area contributed by atoms with Crippen molar-refractivity contribution in [2.45, 2.75) is 51.1 Å². The number of hydrogen-bond donors (Lipinski definition) is 0. The quantitative estimate of drug-likeness (QED) is 0.841. The van der Waals surface area contributed by atoms with E-state index in [0.717, 1.165) is 43.4 Å². The molecule has 132 valence electrons. The Hall–Kier alpha value is -2.30. The topological polar surface area (TPSA) is 47.4 Å². The van der Waals surface area contributed by atoms with Gasteiger partial charge in [-0.15, -0.1) is 0 Å². The number of nitrogens with zero attached hydrogens (tertiary/aromatic N) is 3. The lowest BCUT2D eigenvalue weighted by Gasteiger charge is -2.34. The van der Waals surface area contributed by atoms with Crippen LogP contribution in [0.25, 0.3) is 0 Å². The molecule has 0 bridgehead atoms. The number of aromatic nitrogens is 2. The molecule has 2 aliphatic rings. The highest BCUT2D eigenvalue weighted by Crippen LogP contribution is 2.34. The fraction of sp³-hybridized carbons (Fsp3) is 0.500. The first kappa shape index (κ1) is 16.2. The van der Waals surface area contributed by atoms with Crippen molar-refractivity contribution in [3.63, 3.8) is 0 Å². The van der Waals surface area contributed by atoms with Crippen molar-refractivity contribution in [1.29, 1.82) is 0 Å². The van der Waals surface area contributed by atoms with E-state index in [1.54, 1.807) is 0 Å². The van der Waals surface area contributed by atoms with E-state index in [9.17, 15) is 4.79 Å². The summed E-state index contributed by atoms with van der Waals surface area (Å²) in [6.45, 7) is 2.60. The molecule has 0 spiro atoms. The molecule has 0 N–H and O–H groups in total. The van der Waals surface area contributed by atoms with Gasteiger partial charge in [0, 0.05) is 30.9 Å². The first-order chi connectivity index (χ1) is 12.2. The third-order valence-electron chi connectivity index (χ3n) is 5.14. The third kappa shape index (κ3) is 3.28. The minimum absolute atomic E-state index is 0.155. The van der Waals surface area contributed by atoms with Crippen LogP contribution in [0.3, 0.4) is 0 Å². The molecule has 1 aromatic carbocycles. The average molecular weight is 339 g/mol. The second-order valence-electron chi connectivity index (χ2n) is 7.07. The van der Waals surface area contributed by atoms with Gasteiger partial charge in [0.2, 0.25) is 0 Å². The smallest absolute Gasteiger partial charge is 0.254 e. The van der Waals surface area contributed by atoms with Crippen LogP contribution >= 0.6 is 0 Å². The van der Waals surface area contributed by atoms with Gasteiger partial charge in [0.25, 0.3) is 5.91 Å². The van der Waals surface area contributed by atoms with Crippen LogP contribution in [0.2, 0.25) is 0 Å². The molecule has 1 amide bonds. The Bertz CT molecular complexity index is 762. The highest BCUT2D eigenvalue weighted by Gasteiger charge is 2.39. The van der Waals surface area contributed by atoms with Gasteiger partial charge in [0.05, 0.1) is 12.3 Å². The molecular weight excluding hydrogens is 314 g/mol. The van der Waals surface area contributed by atoms with Crippen LogP contribution in [0.4, 0.5) is 0 Å². The van der Waals surface area contributed by atoms with Crippen molar-refractivity contribution in [1.82, 2.24) is 14.7 Å². The molecule has 0 radical (unpaired) electrons. The lowest BCUT2D eigenvalue weighted by atomic mass is 9.91. The van der Waals surface area contributed by atoms with Crippen molar-refractivity contribution >= 4 is 5.91 Å². The maximum Gasteiger partial charge on any atom is 0.254 e. The minimum atomic E-state index is 0.155. The zero-order valence-corrected chi connectivity index (χ0v) is 14.9. The third-order valence-corrected chi connectivity index (χ3v) is 5.14. The molecular formula is C20H25N3O2. The molecule has 25 heavy (non-hydrogen) atoms. The Morgan fingerprint density at radius 2 is 2.00 bits per heavy atom. The standard InChI is InChI=1S/C20H25N3O2/c1-3-25-18-9-4-14(5-10-18)20(24)23(16-6-7-16)17-8-11-19-15(12-17)13-22(2)21-19/h4-5,9-10,13,16-17H,3,6-8,11-12H2,1-2H3. The summed E-state index contributed by atoms with van der Waals surface area (Å²) in [5.41, 5.74) is 3.25. The predicted octanol–water partition coefficient (Wildman–Crippen LogP) is 2.98. The number of hydrogen-bond acceptors (Lipinski definition) is 3. The van der Waals surface area contributed by atoms with Gasteiger partial charge in [-0.3, -0.25) is 9.48 Å². The summed E-state index contributed by atoms with van der Waals surface area (Å²) >= 11 is 0. The van der Waals surface area contributed by atoms with Crippen molar-refractivity contribution in [3.8, 4) is 5.75 Å². The molecule has 0 aliphatic heterocycles. The van der Waals surface area contributed by atoms with Gasteiger partial charge in [-0.25, -0.2) is 0 Å². The number of amides is 1. The lowest BCUT2D eigenvalue weighted by molar-refractivity contribution is 0.0643. The fourth-order valence-electron chi connectivity index (χ4n) is 3.85. The van der Waals surface area contributed by atoms with Crippen LogP contribution in [0.1, 0.15) is 47.8 Å². The minimum Gasteiger partial charge on any atom is -0.494 e. The summed E-state index contributed by atoms with van der Waals surface area (Å²) in [5.74, 6) is 0.970. The SMILES string of the molecule is CCOc1ccc(C(=O)N(C2CC2)C2CCc3nn(C)cc3C2)cc1. The molecule has 5 heteroatoms. The van der Waals surface area contributed by atoms with E-state index in [-0.39, 0.29) is 11.9 Å². The van der Waals surface area contributed by atoms with E-state index in [0.29, 0.717) is 12.6 Å². The fourth-order valence-corrected chi connectivity index (χ4v) is 3.85. The van der Waals surface area contributed by atoms with Gasteiger partial charge in [0.15, 0.2) is 0 Å². The van der Waals surface area contributed by atoms with Crippen LogP contribution in [-0.4, -0.2) is 39.3 Å². The second-order valence-corrected chi connectivity index (χ2v) is 7.07. The largest absolute Gasteiger partial charge is 0.494 e. The molecule has 2 aromatic rings. The normalized spacial score (nSPS) is 19.4. The molecule has 1 atom stereocenters. The molecule has 1 heterocycles. The molecule has 2 aliphatic carbocycles. The summed E-state index contributed by atoms with van der Waals surface area (Å²) in [7, 11) is 1.97. The van der Waals surface area contributed by atoms with E-state index in [4.69, 9.17) is 4.74 Å². The number of ether oxygens (including phenoxy) is 1. The van der Waals surface area contributed by atoms with Crippen molar-refractivity contribution in [2.75, 3.05) is 6.61 Å². The number of carbonyl (C=O) groups excluding carboxylic acids is 1. The summed E-state index contributed by atoms with van der Waals surface area (Å²) in [6.07, 6.45) is 7.23. The Morgan fingerprint density at radius 1 is 1.24 bits per heavy atom. The van der Waals surface area contributed by atoms with E-state index >= 15 is 0 Å². The van der Waals surface area contributed by atoms with Gasteiger partial charge in [-0.2, -0.15) is 5.10 Å². The number of fused-ring (bicyclic) bond motifs is 1. The number of rotatable bonds is 5. The Balaban J connectivity index is 1.54. The Kier molecular flexibility index (Phi) is 4.24. The predicted molar refractivity (Wildman–Crippen MR) is 95.8 cm³/mol. The summed E-state index contributed by atoms with van der Waals surface area (Å²) in [5, 5.41) is 4.53. The van der Waals surface area contributed by atoms with Gasteiger partial charge < -0.3 is 9.64 Å². The first-order valence-electron chi connectivity index (χ1n) is 9.22. The van der Waals surface area contributed by atoms with Crippen molar-refractivity contribution in [3.05, 3.63) is 47.3 Å². The number of aryl methyl sites for hydroxylation is 2. The maximum absolute atomic E-state index is 13.2. The highest BCUT2D eigenvalue weighted by molar-refractivity contribution is 5.95. The van der Waals surface area contributed by atoms with Crippen LogP contribution in [0.15, 0.2) is 30.5 Å². The van der Waals surface area contributed by atoms with Gasteiger partial charge >= 0.3 is 0 Å².